The number of nitrogens with zero attached hydrogens (tertiary/aromatic N) is 1. The molecule has 3 atom stereocenters. The lowest BCUT2D eigenvalue weighted by molar-refractivity contribution is -0.135. The highest BCUT2D eigenvalue weighted by Gasteiger charge is 2.28. The van der Waals surface area contributed by atoms with Crippen molar-refractivity contribution in [1.82, 2.24) is 4.90 Å². The van der Waals surface area contributed by atoms with Gasteiger partial charge in [0.1, 0.15) is 0 Å². The van der Waals surface area contributed by atoms with E-state index in [9.17, 15) is 4.79 Å². The van der Waals surface area contributed by atoms with Crippen LogP contribution in [0.2, 0.25) is 0 Å². The summed E-state index contributed by atoms with van der Waals surface area (Å²) in [5, 5.41) is 8.95. The van der Waals surface area contributed by atoms with E-state index in [0.717, 1.165) is 38.8 Å². The SMILES string of the molecule is CCC(C)[C@H](N)C(=O)N1CCCC(CCO)C1. The molecule has 1 amide bonds. The molecule has 0 aromatic rings. The quantitative estimate of drug-likeness (QED) is 0.755. The zero-order valence-corrected chi connectivity index (χ0v) is 11.1. The number of aliphatic hydroxyl groups excluding tert-OH is 1. The summed E-state index contributed by atoms with van der Waals surface area (Å²) in [6, 6.07) is -0.368. The molecule has 3 N–H and O–H groups in total. The Morgan fingerprint density at radius 2 is 2.29 bits per heavy atom. The van der Waals surface area contributed by atoms with Crippen LogP contribution < -0.4 is 5.73 Å². The highest BCUT2D eigenvalue weighted by Crippen LogP contribution is 2.20. The first-order valence-corrected chi connectivity index (χ1v) is 6.75. The van der Waals surface area contributed by atoms with Gasteiger partial charge in [0.25, 0.3) is 0 Å². The van der Waals surface area contributed by atoms with Gasteiger partial charge >= 0.3 is 0 Å². The monoisotopic (exact) mass is 242 g/mol. The maximum absolute atomic E-state index is 12.2. The van der Waals surface area contributed by atoms with Gasteiger partial charge in [-0.25, -0.2) is 0 Å². The highest BCUT2D eigenvalue weighted by atomic mass is 16.3. The van der Waals surface area contributed by atoms with E-state index in [2.05, 4.69) is 6.92 Å². The van der Waals surface area contributed by atoms with E-state index in [4.69, 9.17) is 10.8 Å². The van der Waals surface area contributed by atoms with Crippen molar-refractivity contribution in [2.24, 2.45) is 17.6 Å². The van der Waals surface area contributed by atoms with Crippen molar-refractivity contribution in [2.45, 2.75) is 45.6 Å². The summed E-state index contributed by atoms with van der Waals surface area (Å²) in [6.07, 6.45) is 3.87. The molecule has 1 rings (SSSR count). The molecule has 1 heterocycles. The number of nitrogens with two attached hydrogens (primary N) is 1. The van der Waals surface area contributed by atoms with Crippen LogP contribution in [0.1, 0.15) is 39.5 Å². The van der Waals surface area contributed by atoms with Gasteiger partial charge in [-0.3, -0.25) is 4.79 Å². The Bertz CT molecular complexity index is 244. The molecule has 0 radical (unpaired) electrons. The van der Waals surface area contributed by atoms with Crippen molar-refractivity contribution in [3.8, 4) is 0 Å². The highest BCUT2D eigenvalue weighted by molar-refractivity contribution is 5.82. The summed E-state index contributed by atoms with van der Waals surface area (Å²) < 4.78 is 0. The van der Waals surface area contributed by atoms with E-state index in [1.807, 2.05) is 11.8 Å². The molecule has 4 heteroatoms. The third kappa shape index (κ3) is 3.96. The minimum absolute atomic E-state index is 0.0852. The Hall–Kier alpha value is -0.610. The predicted octanol–water partition coefficient (Wildman–Crippen LogP) is 0.981. The number of amides is 1. The van der Waals surface area contributed by atoms with E-state index in [-0.39, 0.29) is 24.5 Å². The average Bonchev–Trinajstić information content (AvgIpc) is 2.36. The molecule has 0 saturated carbocycles. The number of hydrogen-bond donors (Lipinski definition) is 2. The van der Waals surface area contributed by atoms with E-state index in [0.29, 0.717) is 5.92 Å². The van der Waals surface area contributed by atoms with Crippen molar-refractivity contribution >= 4 is 5.91 Å². The van der Waals surface area contributed by atoms with Gasteiger partial charge < -0.3 is 15.7 Å². The van der Waals surface area contributed by atoms with Gasteiger partial charge in [0, 0.05) is 19.7 Å². The fourth-order valence-electron chi connectivity index (χ4n) is 2.39. The predicted molar refractivity (Wildman–Crippen MR) is 68.4 cm³/mol. The summed E-state index contributed by atoms with van der Waals surface area (Å²) in [5.74, 6) is 0.768. The first kappa shape index (κ1) is 14.5. The molecule has 1 saturated heterocycles. The second-order valence-corrected chi connectivity index (χ2v) is 5.22. The third-order valence-electron chi connectivity index (χ3n) is 3.91. The molecule has 4 nitrogen and oxygen atoms in total. The first-order chi connectivity index (χ1) is 8.10. The normalized spacial score (nSPS) is 24.5. The smallest absolute Gasteiger partial charge is 0.239 e. The Morgan fingerprint density at radius 1 is 1.59 bits per heavy atom. The average molecular weight is 242 g/mol. The second kappa shape index (κ2) is 6.97. The molecule has 0 aromatic heterocycles. The van der Waals surface area contributed by atoms with Crippen LogP contribution in [-0.4, -0.2) is 41.7 Å². The summed E-state index contributed by atoms with van der Waals surface area (Å²) >= 11 is 0. The zero-order valence-electron chi connectivity index (χ0n) is 11.1. The molecular formula is C13H26N2O2. The van der Waals surface area contributed by atoms with Crippen LogP contribution in [0.15, 0.2) is 0 Å². The van der Waals surface area contributed by atoms with Crippen molar-refractivity contribution in [3.05, 3.63) is 0 Å². The maximum atomic E-state index is 12.2. The molecule has 17 heavy (non-hydrogen) atoms. The van der Waals surface area contributed by atoms with Crippen LogP contribution in [-0.2, 0) is 4.79 Å². The van der Waals surface area contributed by atoms with Gasteiger partial charge in [-0.1, -0.05) is 20.3 Å². The Labute approximate surface area is 104 Å². The van der Waals surface area contributed by atoms with Crippen LogP contribution in [0.25, 0.3) is 0 Å². The lowest BCUT2D eigenvalue weighted by Crippen LogP contribution is -2.50. The molecular weight excluding hydrogens is 216 g/mol. The Morgan fingerprint density at radius 3 is 2.88 bits per heavy atom. The van der Waals surface area contributed by atoms with Gasteiger partial charge in [0.15, 0.2) is 0 Å². The molecule has 0 aliphatic carbocycles. The summed E-state index contributed by atoms with van der Waals surface area (Å²) in [4.78, 5) is 14.1. The minimum Gasteiger partial charge on any atom is -0.396 e. The fourth-order valence-corrected chi connectivity index (χ4v) is 2.39. The number of rotatable bonds is 5. The lowest BCUT2D eigenvalue weighted by Gasteiger charge is -2.35. The van der Waals surface area contributed by atoms with Crippen molar-refractivity contribution < 1.29 is 9.90 Å². The number of piperidine rings is 1. The van der Waals surface area contributed by atoms with Crippen LogP contribution in [0, 0.1) is 11.8 Å². The third-order valence-corrected chi connectivity index (χ3v) is 3.91. The number of hydrogen-bond acceptors (Lipinski definition) is 3. The van der Waals surface area contributed by atoms with Crippen LogP contribution in [0.3, 0.4) is 0 Å². The number of carbonyl (C=O) groups is 1. The van der Waals surface area contributed by atoms with Gasteiger partial charge in [-0.15, -0.1) is 0 Å². The van der Waals surface area contributed by atoms with Crippen molar-refractivity contribution in [3.63, 3.8) is 0 Å². The second-order valence-electron chi connectivity index (χ2n) is 5.22. The summed E-state index contributed by atoms with van der Waals surface area (Å²) in [5.41, 5.74) is 5.98. The largest absolute Gasteiger partial charge is 0.396 e. The Kier molecular flexibility index (Phi) is 5.92. The molecule has 100 valence electrons. The van der Waals surface area contributed by atoms with Crippen LogP contribution >= 0.6 is 0 Å². The topological polar surface area (TPSA) is 66.6 Å². The summed E-state index contributed by atoms with van der Waals surface area (Å²) in [6.45, 7) is 5.89. The molecule has 0 bridgehead atoms. The van der Waals surface area contributed by atoms with Crippen molar-refractivity contribution in [1.29, 1.82) is 0 Å². The standard InChI is InChI=1S/C13H26N2O2/c1-3-10(2)12(14)13(17)15-7-4-5-11(9-15)6-8-16/h10-12,16H,3-9,14H2,1-2H3/t10?,11?,12-/m0/s1. The first-order valence-electron chi connectivity index (χ1n) is 6.75. The van der Waals surface area contributed by atoms with Gasteiger partial charge in [-0.2, -0.15) is 0 Å². The molecule has 1 aliphatic rings. The van der Waals surface area contributed by atoms with E-state index >= 15 is 0 Å². The fraction of sp³-hybridized carbons (Fsp3) is 0.923. The van der Waals surface area contributed by atoms with E-state index in [1.54, 1.807) is 0 Å². The zero-order chi connectivity index (χ0) is 12.8. The van der Waals surface area contributed by atoms with Crippen LogP contribution in [0.4, 0.5) is 0 Å². The molecule has 0 aromatic carbocycles. The molecule has 1 fully saturated rings. The molecule has 0 spiro atoms. The van der Waals surface area contributed by atoms with Gasteiger partial charge in [0.05, 0.1) is 6.04 Å². The molecule has 1 aliphatic heterocycles. The minimum atomic E-state index is -0.368. The summed E-state index contributed by atoms with van der Waals surface area (Å²) in [7, 11) is 0. The van der Waals surface area contributed by atoms with E-state index < -0.39 is 0 Å². The van der Waals surface area contributed by atoms with Crippen LogP contribution in [0.5, 0.6) is 0 Å². The Balaban J connectivity index is 2.51. The van der Waals surface area contributed by atoms with E-state index in [1.165, 1.54) is 0 Å². The molecule has 2 unspecified atom stereocenters. The number of carbonyl (C=O) groups excluding carboxylic acids is 1. The van der Waals surface area contributed by atoms with Gasteiger partial charge in [0.2, 0.25) is 5.91 Å². The maximum Gasteiger partial charge on any atom is 0.239 e. The van der Waals surface area contributed by atoms with Crippen molar-refractivity contribution in [2.75, 3.05) is 19.7 Å². The number of likely N-dealkylation sites (tertiary alicyclic amines) is 1. The number of aliphatic hydroxyl groups is 1. The lowest BCUT2D eigenvalue weighted by atomic mass is 9.93. The van der Waals surface area contributed by atoms with Gasteiger partial charge in [-0.05, 0) is 31.1 Å².